The molecule has 0 saturated heterocycles. The Morgan fingerprint density at radius 2 is 1.58 bits per heavy atom. The van der Waals surface area contributed by atoms with Crippen molar-refractivity contribution in [2.24, 2.45) is 0 Å². The topological polar surface area (TPSA) is 59.8 Å². The Kier molecular flexibility index (Phi) is 2.77. The van der Waals surface area contributed by atoms with Gasteiger partial charge in [-0.05, 0) is 47.6 Å². The monoisotopic (exact) mass is 263 g/mol. The van der Waals surface area contributed by atoms with Crippen molar-refractivity contribution >= 4 is 10.9 Å². The van der Waals surface area contributed by atoms with Gasteiger partial charge in [0.2, 0.25) is 0 Å². The first-order chi connectivity index (χ1) is 8.53. The van der Waals surface area contributed by atoms with Gasteiger partial charge in [-0.2, -0.15) is 0 Å². The number of hydrogen-bond donors (Lipinski definition) is 1. The Morgan fingerprint density at radius 3 is 2.05 bits per heavy atom. The third kappa shape index (κ3) is 2.13. The Hall–Kier alpha value is -1.78. The lowest BCUT2D eigenvalue weighted by Gasteiger charge is -2.24. The van der Waals surface area contributed by atoms with Crippen molar-refractivity contribution in [3.8, 4) is 0 Å². The number of pyridine rings is 1. The molecule has 0 saturated carbocycles. The number of H-pyrrole nitrogens is 1. The van der Waals surface area contributed by atoms with Crippen LogP contribution in [0.2, 0.25) is 0 Å². The number of nitrogens with zero attached hydrogens (tertiary/aromatic N) is 2. The zero-order valence-electron chi connectivity index (χ0n) is 12.4. The molecule has 1 N–H and O–H groups in total. The standard InChI is InChI=1S/C14H21N3O2/c1-13(2,3)16-8-7-9-10(12(16)19)17(14(4,5)6)15-11(9)18/h7-8H,1-6H3,(H,15,18). The van der Waals surface area contributed by atoms with Crippen LogP contribution in [-0.4, -0.2) is 14.3 Å². The average Bonchev–Trinajstić information content (AvgIpc) is 2.55. The minimum absolute atomic E-state index is 0.140. The summed E-state index contributed by atoms with van der Waals surface area (Å²) < 4.78 is 3.32. The summed E-state index contributed by atoms with van der Waals surface area (Å²) in [4.78, 5) is 24.6. The summed E-state index contributed by atoms with van der Waals surface area (Å²) in [6.45, 7) is 11.8. The van der Waals surface area contributed by atoms with E-state index < -0.39 is 0 Å². The first-order valence-electron chi connectivity index (χ1n) is 6.41. The van der Waals surface area contributed by atoms with Gasteiger partial charge in [-0.3, -0.25) is 19.4 Å². The van der Waals surface area contributed by atoms with E-state index >= 15 is 0 Å². The van der Waals surface area contributed by atoms with E-state index in [2.05, 4.69) is 5.10 Å². The highest BCUT2D eigenvalue weighted by atomic mass is 16.1. The maximum atomic E-state index is 12.6. The molecule has 0 aliphatic rings. The Bertz CT molecular complexity index is 733. The third-order valence-corrected chi connectivity index (χ3v) is 3.14. The molecule has 104 valence electrons. The molecule has 5 heteroatoms. The molecule has 0 aliphatic heterocycles. The molecular formula is C14H21N3O2. The normalized spacial score (nSPS) is 13.2. The molecule has 2 heterocycles. The van der Waals surface area contributed by atoms with E-state index in [9.17, 15) is 9.59 Å². The molecule has 0 bridgehead atoms. The van der Waals surface area contributed by atoms with Crippen LogP contribution in [0.1, 0.15) is 41.5 Å². The number of aromatic nitrogens is 3. The summed E-state index contributed by atoms with van der Waals surface area (Å²) >= 11 is 0. The second kappa shape index (κ2) is 3.85. The molecule has 0 fully saturated rings. The van der Waals surface area contributed by atoms with Gasteiger partial charge in [-0.1, -0.05) is 0 Å². The average molecular weight is 263 g/mol. The number of fused-ring (bicyclic) bond motifs is 1. The molecule has 19 heavy (non-hydrogen) atoms. The van der Waals surface area contributed by atoms with Crippen LogP contribution < -0.4 is 11.1 Å². The molecule has 0 radical (unpaired) electrons. The van der Waals surface area contributed by atoms with Crippen LogP contribution in [0.15, 0.2) is 21.9 Å². The van der Waals surface area contributed by atoms with E-state index in [1.807, 2.05) is 41.5 Å². The molecule has 0 atom stereocenters. The molecular weight excluding hydrogens is 242 g/mol. The molecule has 5 nitrogen and oxygen atoms in total. The van der Waals surface area contributed by atoms with Crippen LogP contribution in [0.25, 0.3) is 10.9 Å². The van der Waals surface area contributed by atoms with Crippen LogP contribution in [0.5, 0.6) is 0 Å². The Balaban J connectivity index is 2.97. The van der Waals surface area contributed by atoms with Gasteiger partial charge in [0, 0.05) is 11.7 Å². The van der Waals surface area contributed by atoms with Gasteiger partial charge in [0.05, 0.1) is 10.9 Å². The first-order valence-corrected chi connectivity index (χ1v) is 6.41. The maximum Gasteiger partial charge on any atom is 0.277 e. The largest absolute Gasteiger partial charge is 0.308 e. The predicted molar refractivity (Wildman–Crippen MR) is 76.8 cm³/mol. The van der Waals surface area contributed by atoms with Gasteiger partial charge < -0.3 is 4.57 Å². The molecule has 2 rings (SSSR count). The van der Waals surface area contributed by atoms with Gasteiger partial charge in [0.1, 0.15) is 5.52 Å². The van der Waals surface area contributed by atoms with Crippen LogP contribution in [0.4, 0.5) is 0 Å². The zero-order chi connectivity index (χ0) is 14.6. The summed E-state index contributed by atoms with van der Waals surface area (Å²) in [5.74, 6) is 0. The summed E-state index contributed by atoms with van der Waals surface area (Å²) in [6.07, 6.45) is 1.69. The van der Waals surface area contributed by atoms with Crippen LogP contribution in [-0.2, 0) is 11.1 Å². The summed E-state index contributed by atoms with van der Waals surface area (Å²) in [5, 5.41) is 3.20. The highest BCUT2D eigenvalue weighted by molar-refractivity contribution is 5.77. The lowest BCUT2D eigenvalue weighted by atomic mass is 10.1. The lowest BCUT2D eigenvalue weighted by Crippen LogP contribution is -2.35. The summed E-state index contributed by atoms with van der Waals surface area (Å²) in [5.41, 5.74) is -0.588. The molecule has 2 aromatic heterocycles. The zero-order valence-corrected chi connectivity index (χ0v) is 12.4. The van der Waals surface area contributed by atoms with E-state index in [-0.39, 0.29) is 22.2 Å². The van der Waals surface area contributed by atoms with Crippen LogP contribution in [0, 0.1) is 0 Å². The van der Waals surface area contributed by atoms with Crippen LogP contribution >= 0.6 is 0 Å². The molecule has 2 aromatic rings. The molecule has 0 aromatic carbocycles. The van der Waals surface area contributed by atoms with Crippen molar-refractivity contribution in [2.75, 3.05) is 0 Å². The molecule has 0 unspecified atom stereocenters. The van der Waals surface area contributed by atoms with Crippen molar-refractivity contribution < 1.29 is 0 Å². The minimum Gasteiger partial charge on any atom is -0.308 e. The number of aromatic amines is 1. The van der Waals surface area contributed by atoms with Crippen molar-refractivity contribution in [2.45, 2.75) is 52.6 Å². The highest BCUT2D eigenvalue weighted by Crippen LogP contribution is 2.18. The molecule has 0 spiro atoms. The second-order valence-corrected chi connectivity index (χ2v) is 6.87. The number of rotatable bonds is 0. The second-order valence-electron chi connectivity index (χ2n) is 6.87. The van der Waals surface area contributed by atoms with E-state index in [0.29, 0.717) is 10.9 Å². The van der Waals surface area contributed by atoms with E-state index in [1.165, 1.54) is 0 Å². The quantitative estimate of drug-likeness (QED) is 0.790. The SMILES string of the molecule is CC(C)(C)n1ccc2c(=O)[nH]n(C(C)(C)C)c2c1=O. The third-order valence-electron chi connectivity index (χ3n) is 3.14. The molecule has 0 amide bonds. The fourth-order valence-corrected chi connectivity index (χ4v) is 2.17. The first kappa shape index (κ1) is 13.6. The van der Waals surface area contributed by atoms with E-state index in [4.69, 9.17) is 0 Å². The smallest absolute Gasteiger partial charge is 0.277 e. The maximum absolute atomic E-state index is 12.6. The van der Waals surface area contributed by atoms with Gasteiger partial charge in [0.25, 0.3) is 11.1 Å². The highest BCUT2D eigenvalue weighted by Gasteiger charge is 2.23. The van der Waals surface area contributed by atoms with Crippen molar-refractivity contribution in [3.63, 3.8) is 0 Å². The van der Waals surface area contributed by atoms with Gasteiger partial charge in [-0.15, -0.1) is 0 Å². The van der Waals surface area contributed by atoms with Gasteiger partial charge in [0.15, 0.2) is 0 Å². The fraction of sp³-hybridized carbons (Fsp3) is 0.571. The van der Waals surface area contributed by atoms with E-state index in [0.717, 1.165) is 0 Å². The number of nitrogens with one attached hydrogen (secondary N) is 1. The van der Waals surface area contributed by atoms with Crippen molar-refractivity contribution in [1.29, 1.82) is 0 Å². The Labute approximate surface area is 111 Å². The summed E-state index contributed by atoms with van der Waals surface area (Å²) in [6, 6.07) is 1.71. The fourth-order valence-electron chi connectivity index (χ4n) is 2.17. The Morgan fingerprint density at radius 1 is 1.00 bits per heavy atom. The van der Waals surface area contributed by atoms with E-state index in [1.54, 1.807) is 21.5 Å². The van der Waals surface area contributed by atoms with Crippen molar-refractivity contribution in [1.82, 2.24) is 14.3 Å². The van der Waals surface area contributed by atoms with Gasteiger partial charge in [-0.25, -0.2) is 0 Å². The summed E-state index contributed by atoms with van der Waals surface area (Å²) in [7, 11) is 0. The lowest BCUT2D eigenvalue weighted by molar-refractivity contribution is 0.358. The van der Waals surface area contributed by atoms with Gasteiger partial charge >= 0.3 is 0 Å². The number of hydrogen-bond acceptors (Lipinski definition) is 2. The van der Waals surface area contributed by atoms with Crippen LogP contribution in [0.3, 0.4) is 0 Å². The van der Waals surface area contributed by atoms with Crippen molar-refractivity contribution in [3.05, 3.63) is 33.0 Å². The predicted octanol–water partition coefficient (Wildman–Crippen LogP) is 2.00. The minimum atomic E-state index is -0.350. The molecule has 0 aliphatic carbocycles.